The number of alkyl carbamates (subject to hydrolysis) is 1. The molecule has 0 radical (unpaired) electrons. The Morgan fingerprint density at radius 1 is 1.45 bits per heavy atom. The predicted molar refractivity (Wildman–Crippen MR) is 79.4 cm³/mol. The van der Waals surface area contributed by atoms with Gasteiger partial charge in [0.15, 0.2) is 0 Å². The highest BCUT2D eigenvalue weighted by Gasteiger charge is 2.16. The standard InChI is InChI=1S/C15H21N3O4/c1-2-21-15(20)18-9-12-8-11(5-6-16-12)14(19)17-10-13-4-3-7-22-13/h5-6,8,13H,2-4,7,9-10H2,1H3,(H,17,19)(H,18,20). The van der Waals surface area contributed by atoms with Gasteiger partial charge >= 0.3 is 6.09 Å². The number of nitrogens with zero attached hydrogens (tertiary/aromatic N) is 1. The van der Waals surface area contributed by atoms with Gasteiger partial charge in [0, 0.05) is 24.9 Å². The van der Waals surface area contributed by atoms with Gasteiger partial charge in [0.1, 0.15) is 0 Å². The van der Waals surface area contributed by atoms with Crippen LogP contribution in [0.15, 0.2) is 18.3 Å². The van der Waals surface area contributed by atoms with Gasteiger partial charge in [0.05, 0.1) is 24.9 Å². The van der Waals surface area contributed by atoms with Gasteiger partial charge in [0.25, 0.3) is 5.91 Å². The normalized spacial score (nSPS) is 17.0. The molecular formula is C15H21N3O4. The van der Waals surface area contributed by atoms with E-state index < -0.39 is 6.09 Å². The lowest BCUT2D eigenvalue weighted by Gasteiger charge is -2.11. The largest absolute Gasteiger partial charge is 0.450 e. The second-order valence-corrected chi connectivity index (χ2v) is 4.95. The number of carbonyl (C=O) groups is 2. The first-order valence-corrected chi connectivity index (χ1v) is 7.44. The van der Waals surface area contributed by atoms with Gasteiger partial charge in [-0.3, -0.25) is 9.78 Å². The third-order valence-corrected chi connectivity index (χ3v) is 3.28. The Morgan fingerprint density at radius 3 is 3.05 bits per heavy atom. The lowest BCUT2D eigenvalue weighted by Crippen LogP contribution is -2.32. The van der Waals surface area contributed by atoms with Crippen molar-refractivity contribution in [1.29, 1.82) is 0 Å². The number of aromatic nitrogens is 1. The number of nitrogens with one attached hydrogen (secondary N) is 2. The maximum atomic E-state index is 12.1. The molecule has 1 aromatic rings. The van der Waals surface area contributed by atoms with Crippen LogP contribution in [0, 0.1) is 0 Å². The summed E-state index contributed by atoms with van der Waals surface area (Å²) in [7, 11) is 0. The minimum atomic E-state index is -0.502. The predicted octanol–water partition coefficient (Wildman–Crippen LogP) is 1.24. The Labute approximate surface area is 129 Å². The average Bonchev–Trinajstić information content (AvgIpc) is 3.04. The second kappa shape index (κ2) is 8.33. The van der Waals surface area contributed by atoms with Crippen LogP contribution in [0.4, 0.5) is 4.79 Å². The number of rotatable bonds is 6. The molecule has 0 aromatic carbocycles. The zero-order chi connectivity index (χ0) is 15.8. The van der Waals surface area contributed by atoms with Crippen molar-refractivity contribution in [2.45, 2.75) is 32.4 Å². The van der Waals surface area contributed by atoms with Crippen molar-refractivity contribution in [3.05, 3.63) is 29.6 Å². The highest BCUT2D eigenvalue weighted by molar-refractivity contribution is 5.94. The van der Waals surface area contributed by atoms with Crippen LogP contribution in [0.2, 0.25) is 0 Å². The smallest absolute Gasteiger partial charge is 0.407 e. The minimum Gasteiger partial charge on any atom is -0.450 e. The van der Waals surface area contributed by atoms with Gasteiger partial charge in [-0.15, -0.1) is 0 Å². The number of ether oxygens (including phenoxy) is 2. The molecule has 1 fully saturated rings. The van der Waals surface area contributed by atoms with Crippen LogP contribution in [0.5, 0.6) is 0 Å². The Kier molecular flexibility index (Phi) is 6.14. The van der Waals surface area contributed by atoms with Gasteiger partial charge in [-0.25, -0.2) is 4.79 Å². The Balaban J connectivity index is 1.84. The fourth-order valence-corrected chi connectivity index (χ4v) is 2.17. The molecule has 1 aliphatic rings. The molecule has 0 bridgehead atoms. The first kappa shape index (κ1) is 16.2. The van der Waals surface area contributed by atoms with Crippen molar-refractivity contribution in [1.82, 2.24) is 15.6 Å². The fraction of sp³-hybridized carbons (Fsp3) is 0.533. The third-order valence-electron chi connectivity index (χ3n) is 3.28. The van der Waals surface area contributed by atoms with E-state index in [2.05, 4.69) is 15.6 Å². The maximum absolute atomic E-state index is 12.1. The maximum Gasteiger partial charge on any atom is 0.407 e. The molecule has 2 amide bonds. The van der Waals surface area contributed by atoms with E-state index in [0.29, 0.717) is 24.4 Å². The average molecular weight is 307 g/mol. The van der Waals surface area contributed by atoms with Crippen molar-refractivity contribution in [2.75, 3.05) is 19.8 Å². The summed E-state index contributed by atoms with van der Waals surface area (Å²) in [5, 5.41) is 5.42. The topological polar surface area (TPSA) is 89.5 Å². The summed E-state index contributed by atoms with van der Waals surface area (Å²) < 4.78 is 10.2. The van der Waals surface area contributed by atoms with Crippen molar-refractivity contribution < 1.29 is 19.1 Å². The van der Waals surface area contributed by atoms with Crippen LogP contribution in [0.1, 0.15) is 35.8 Å². The molecule has 1 atom stereocenters. The fourth-order valence-electron chi connectivity index (χ4n) is 2.17. The number of hydrogen-bond acceptors (Lipinski definition) is 5. The number of pyridine rings is 1. The molecule has 1 saturated heterocycles. The molecule has 7 nitrogen and oxygen atoms in total. The summed E-state index contributed by atoms with van der Waals surface area (Å²) in [6.45, 7) is 3.53. The van der Waals surface area contributed by atoms with Crippen molar-refractivity contribution in [3.63, 3.8) is 0 Å². The Hall–Kier alpha value is -2.15. The van der Waals surface area contributed by atoms with E-state index in [1.165, 1.54) is 0 Å². The van der Waals surface area contributed by atoms with E-state index in [0.717, 1.165) is 19.4 Å². The quantitative estimate of drug-likeness (QED) is 0.825. The van der Waals surface area contributed by atoms with Crippen LogP contribution in [-0.2, 0) is 16.0 Å². The van der Waals surface area contributed by atoms with Gasteiger partial charge in [0.2, 0.25) is 0 Å². The SMILES string of the molecule is CCOC(=O)NCc1cc(C(=O)NCC2CCCO2)ccn1. The zero-order valence-corrected chi connectivity index (χ0v) is 12.6. The number of amides is 2. The first-order valence-electron chi connectivity index (χ1n) is 7.44. The van der Waals surface area contributed by atoms with Crippen LogP contribution < -0.4 is 10.6 Å². The Morgan fingerprint density at radius 2 is 2.32 bits per heavy atom. The van der Waals surface area contributed by atoms with Crippen molar-refractivity contribution in [2.24, 2.45) is 0 Å². The molecule has 0 saturated carbocycles. The van der Waals surface area contributed by atoms with E-state index in [1.54, 1.807) is 25.3 Å². The summed E-state index contributed by atoms with van der Waals surface area (Å²) in [6.07, 6.45) is 3.17. The van der Waals surface area contributed by atoms with E-state index >= 15 is 0 Å². The lowest BCUT2D eigenvalue weighted by molar-refractivity contribution is 0.0857. The second-order valence-electron chi connectivity index (χ2n) is 4.95. The van der Waals surface area contributed by atoms with Crippen LogP contribution in [0.3, 0.4) is 0 Å². The highest BCUT2D eigenvalue weighted by atomic mass is 16.5. The molecule has 1 unspecified atom stereocenters. The molecule has 7 heteroatoms. The summed E-state index contributed by atoms with van der Waals surface area (Å²) in [4.78, 5) is 27.4. The monoisotopic (exact) mass is 307 g/mol. The summed E-state index contributed by atoms with van der Waals surface area (Å²) >= 11 is 0. The molecule has 1 aromatic heterocycles. The van der Waals surface area contributed by atoms with E-state index in [-0.39, 0.29) is 18.6 Å². The molecular weight excluding hydrogens is 286 g/mol. The van der Waals surface area contributed by atoms with Gasteiger partial charge < -0.3 is 20.1 Å². The first-order chi connectivity index (χ1) is 10.7. The molecule has 0 aliphatic carbocycles. The molecule has 2 N–H and O–H groups in total. The summed E-state index contributed by atoms with van der Waals surface area (Å²) in [5.41, 5.74) is 1.10. The van der Waals surface area contributed by atoms with E-state index in [4.69, 9.17) is 9.47 Å². The van der Waals surface area contributed by atoms with Crippen molar-refractivity contribution in [3.8, 4) is 0 Å². The van der Waals surface area contributed by atoms with Crippen LogP contribution >= 0.6 is 0 Å². The van der Waals surface area contributed by atoms with E-state index in [9.17, 15) is 9.59 Å². The van der Waals surface area contributed by atoms with Gasteiger partial charge in [-0.05, 0) is 31.9 Å². The van der Waals surface area contributed by atoms with Gasteiger partial charge in [-0.2, -0.15) is 0 Å². The molecule has 0 spiro atoms. The molecule has 1 aliphatic heterocycles. The highest BCUT2D eigenvalue weighted by Crippen LogP contribution is 2.11. The zero-order valence-electron chi connectivity index (χ0n) is 12.6. The Bertz CT molecular complexity index is 515. The molecule has 22 heavy (non-hydrogen) atoms. The molecule has 2 rings (SSSR count). The van der Waals surface area contributed by atoms with Crippen molar-refractivity contribution >= 4 is 12.0 Å². The summed E-state index contributed by atoms with van der Waals surface area (Å²) in [6, 6.07) is 3.29. The lowest BCUT2D eigenvalue weighted by atomic mass is 10.2. The third kappa shape index (κ3) is 5.00. The van der Waals surface area contributed by atoms with Crippen LogP contribution in [-0.4, -0.2) is 42.8 Å². The number of carbonyl (C=O) groups excluding carboxylic acids is 2. The molecule has 2 heterocycles. The number of hydrogen-bond donors (Lipinski definition) is 2. The van der Waals surface area contributed by atoms with Gasteiger partial charge in [-0.1, -0.05) is 0 Å². The van der Waals surface area contributed by atoms with Crippen LogP contribution in [0.25, 0.3) is 0 Å². The minimum absolute atomic E-state index is 0.107. The summed E-state index contributed by atoms with van der Waals surface area (Å²) in [5.74, 6) is -0.171. The molecule has 120 valence electrons. The van der Waals surface area contributed by atoms with E-state index in [1.807, 2.05) is 0 Å².